The fraction of sp³-hybridized carbons (Fsp3) is 0.500. The summed E-state index contributed by atoms with van der Waals surface area (Å²) >= 11 is 0. The lowest BCUT2D eigenvalue weighted by atomic mass is 10.0. The molecule has 2 aliphatic rings. The number of likely N-dealkylation sites (N-methyl/N-ethyl adjacent to an activating group) is 1. The Balaban J connectivity index is 1.29. The highest BCUT2D eigenvalue weighted by atomic mass is 16.1. The van der Waals surface area contributed by atoms with Gasteiger partial charge in [0.05, 0.1) is 11.2 Å². The minimum Gasteiger partial charge on any atom is -0.384 e. The van der Waals surface area contributed by atoms with E-state index in [1.165, 1.54) is 32.4 Å². The van der Waals surface area contributed by atoms with Crippen LogP contribution in [0.15, 0.2) is 42.7 Å². The molecule has 7 nitrogen and oxygen atoms in total. The van der Waals surface area contributed by atoms with E-state index < -0.39 is 0 Å². The molecule has 2 fully saturated rings. The Morgan fingerprint density at radius 3 is 2.65 bits per heavy atom. The Labute approximate surface area is 220 Å². The largest absolute Gasteiger partial charge is 0.384 e. The van der Waals surface area contributed by atoms with Crippen LogP contribution in [0.3, 0.4) is 0 Å². The highest BCUT2D eigenvalue weighted by Gasteiger charge is 2.20. The van der Waals surface area contributed by atoms with Crippen LogP contribution >= 0.6 is 0 Å². The Morgan fingerprint density at radius 1 is 1.05 bits per heavy atom. The lowest BCUT2D eigenvalue weighted by molar-refractivity contribution is 0.0912. The third kappa shape index (κ3) is 6.46. The number of carbonyl (C=O) groups is 1. The van der Waals surface area contributed by atoms with Crippen molar-refractivity contribution in [3.8, 4) is 11.3 Å². The van der Waals surface area contributed by atoms with Gasteiger partial charge in [0.15, 0.2) is 0 Å². The van der Waals surface area contributed by atoms with Gasteiger partial charge in [-0.1, -0.05) is 18.6 Å². The van der Waals surface area contributed by atoms with Gasteiger partial charge < -0.3 is 20.4 Å². The average Bonchev–Trinajstić information content (AvgIpc) is 2.92. The first kappa shape index (κ1) is 25.6. The zero-order chi connectivity index (χ0) is 25.6. The van der Waals surface area contributed by atoms with Gasteiger partial charge in [0.1, 0.15) is 0 Å². The molecule has 1 unspecified atom stereocenters. The van der Waals surface area contributed by atoms with Crippen molar-refractivity contribution in [2.45, 2.75) is 51.5 Å². The normalized spacial score (nSPS) is 19.1. The van der Waals surface area contributed by atoms with Gasteiger partial charge in [0.2, 0.25) is 0 Å². The summed E-state index contributed by atoms with van der Waals surface area (Å²) in [6.45, 7) is 8.59. The van der Waals surface area contributed by atoms with E-state index in [0.717, 1.165) is 78.9 Å². The van der Waals surface area contributed by atoms with Gasteiger partial charge in [0.25, 0.3) is 5.91 Å². The molecule has 0 radical (unpaired) electrons. The molecule has 0 aliphatic carbocycles. The van der Waals surface area contributed by atoms with Crippen molar-refractivity contribution in [3.63, 3.8) is 0 Å². The molecule has 0 saturated carbocycles. The van der Waals surface area contributed by atoms with E-state index in [9.17, 15) is 4.79 Å². The summed E-state index contributed by atoms with van der Waals surface area (Å²) in [6, 6.07) is 10.2. The lowest BCUT2D eigenvalue weighted by Crippen LogP contribution is -2.46. The van der Waals surface area contributed by atoms with Crippen molar-refractivity contribution < 1.29 is 4.79 Å². The number of aryl methyl sites for hydroxylation is 1. The molecule has 4 heterocycles. The summed E-state index contributed by atoms with van der Waals surface area (Å²) in [5, 5.41) is 7.92. The van der Waals surface area contributed by atoms with Crippen LogP contribution in [0, 0.1) is 6.92 Å². The molecule has 1 aromatic carbocycles. The number of pyridine rings is 2. The Morgan fingerprint density at radius 2 is 1.86 bits per heavy atom. The molecule has 1 atom stereocenters. The number of piperidine rings is 2. The van der Waals surface area contributed by atoms with Gasteiger partial charge in [-0.2, -0.15) is 0 Å². The SMILES string of the molecule is Cc1cncc2c(NCCCN3CCCCC3)cc(-c3ccc(C(=O)NC4CCCN(C)C4)cc3)nc12. The predicted molar refractivity (Wildman–Crippen MR) is 151 cm³/mol. The van der Waals surface area contributed by atoms with Crippen LogP contribution in [0.5, 0.6) is 0 Å². The molecule has 2 saturated heterocycles. The van der Waals surface area contributed by atoms with Gasteiger partial charge in [-0.05, 0) is 96.0 Å². The van der Waals surface area contributed by atoms with Crippen LogP contribution < -0.4 is 10.6 Å². The molecule has 0 bridgehead atoms. The number of likely N-dealkylation sites (tertiary alicyclic amines) is 2. The first-order valence-corrected chi connectivity index (χ1v) is 13.9. The highest BCUT2D eigenvalue weighted by Crippen LogP contribution is 2.29. The predicted octanol–water partition coefficient (Wildman–Crippen LogP) is 4.72. The van der Waals surface area contributed by atoms with Gasteiger partial charge in [-0.3, -0.25) is 9.78 Å². The van der Waals surface area contributed by atoms with E-state index in [4.69, 9.17) is 4.98 Å². The molecule has 37 heavy (non-hydrogen) atoms. The minimum absolute atomic E-state index is 0.00343. The average molecular weight is 501 g/mol. The van der Waals surface area contributed by atoms with Crippen molar-refractivity contribution in [2.75, 3.05) is 51.6 Å². The summed E-state index contributed by atoms with van der Waals surface area (Å²) in [6.07, 6.45) is 11.1. The summed E-state index contributed by atoms with van der Waals surface area (Å²) in [7, 11) is 2.11. The number of anilines is 1. The summed E-state index contributed by atoms with van der Waals surface area (Å²) < 4.78 is 0. The summed E-state index contributed by atoms with van der Waals surface area (Å²) in [5.41, 5.74) is 5.69. The maximum absolute atomic E-state index is 12.8. The molecule has 2 aliphatic heterocycles. The number of nitrogens with one attached hydrogen (secondary N) is 2. The number of carbonyl (C=O) groups excluding carboxylic acids is 1. The van der Waals surface area contributed by atoms with Crippen molar-refractivity contribution in [1.82, 2.24) is 25.1 Å². The molecule has 1 amide bonds. The topological polar surface area (TPSA) is 73.4 Å². The zero-order valence-corrected chi connectivity index (χ0v) is 22.3. The highest BCUT2D eigenvalue weighted by molar-refractivity contribution is 5.96. The fourth-order valence-electron chi connectivity index (χ4n) is 5.62. The van der Waals surface area contributed by atoms with Crippen molar-refractivity contribution in [3.05, 3.63) is 53.9 Å². The van der Waals surface area contributed by atoms with Crippen LogP contribution in [0.25, 0.3) is 22.2 Å². The monoisotopic (exact) mass is 500 g/mol. The maximum Gasteiger partial charge on any atom is 0.251 e. The number of aromatic nitrogens is 2. The summed E-state index contributed by atoms with van der Waals surface area (Å²) in [4.78, 5) is 27.1. The standard InChI is InChI=1S/C30H40N6O/c1-22-19-31-20-26-28(32-13-7-17-36-15-4-3-5-16-36)18-27(34-29(22)26)23-9-11-24(12-10-23)30(37)33-25-8-6-14-35(2)21-25/h9-12,18-20,25H,3-8,13-17,21H2,1-2H3,(H,32,34)(H,33,37). The number of nitrogens with zero attached hydrogens (tertiary/aromatic N) is 4. The van der Waals surface area contributed by atoms with E-state index in [2.05, 4.69) is 45.5 Å². The second kappa shape index (κ2) is 12.0. The van der Waals surface area contributed by atoms with E-state index >= 15 is 0 Å². The Hall–Kier alpha value is -3.03. The van der Waals surface area contributed by atoms with E-state index in [-0.39, 0.29) is 11.9 Å². The van der Waals surface area contributed by atoms with Gasteiger partial charge in [-0.25, -0.2) is 4.98 Å². The van der Waals surface area contributed by atoms with Crippen LogP contribution in [0.4, 0.5) is 5.69 Å². The molecular weight excluding hydrogens is 460 g/mol. The lowest BCUT2D eigenvalue weighted by Gasteiger charge is -2.30. The second-order valence-corrected chi connectivity index (χ2v) is 10.7. The number of amides is 1. The fourth-order valence-corrected chi connectivity index (χ4v) is 5.62. The molecule has 7 heteroatoms. The van der Waals surface area contributed by atoms with Crippen molar-refractivity contribution >= 4 is 22.5 Å². The maximum atomic E-state index is 12.8. The molecule has 2 aromatic heterocycles. The number of rotatable bonds is 8. The van der Waals surface area contributed by atoms with Crippen LogP contribution in [-0.4, -0.2) is 78.0 Å². The first-order valence-electron chi connectivity index (χ1n) is 13.9. The van der Waals surface area contributed by atoms with Gasteiger partial charge in [0, 0.05) is 53.7 Å². The van der Waals surface area contributed by atoms with E-state index in [0.29, 0.717) is 5.56 Å². The number of hydrogen-bond acceptors (Lipinski definition) is 6. The van der Waals surface area contributed by atoms with Crippen molar-refractivity contribution in [1.29, 1.82) is 0 Å². The van der Waals surface area contributed by atoms with Gasteiger partial charge in [-0.15, -0.1) is 0 Å². The summed E-state index contributed by atoms with van der Waals surface area (Å²) in [5.74, 6) is -0.00343. The second-order valence-electron chi connectivity index (χ2n) is 10.7. The van der Waals surface area contributed by atoms with Crippen LogP contribution in [-0.2, 0) is 0 Å². The van der Waals surface area contributed by atoms with Crippen LogP contribution in [0.1, 0.15) is 54.4 Å². The molecule has 3 aromatic rings. The smallest absolute Gasteiger partial charge is 0.251 e. The minimum atomic E-state index is -0.00343. The number of benzene rings is 1. The molecule has 196 valence electrons. The first-order chi connectivity index (χ1) is 18.1. The molecular formula is C30H40N6O. The van der Waals surface area contributed by atoms with E-state index in [1.54, 1.807) is 0 Å². The zero-order valence-electron chi connectivity index (χ0n) is 22.3. The molecule has 5 rings (SSSR count). The van der Waals surface area contributed by atoms with E-state index in [1.807, 2.05) is 36.7 Å². The van der Waals surface area contributed by atoms with Gasteiger partial charge >= 0.3 is 0 Å². The molecule has 2 N–H and O–H groups in total. The number of fused-ring (bicyclic) bond motifs is 1. The third-order valence-corrected chi connectivity index (χ3v) is 7.72. The quantitative estimate of drug-likeness (QED) is 0.436. The number of hydrogen-bond donors (Lipinski definition) is 2. The Bertz CT molecular complexity index is 1200. The Kier molecular flexibility index (Phi) is 8.31. The van der Waals surface area contributed by atoms with Crippen LogP contribution in [0.2, 0.25) is 0 Å². The van der Waals surface area contributed by atoms with Crippen molar-refractivity contribution in [2.24, 2.45) is 0 Å². The third-order valence-electron chi connectivity index (χ3n) is 7.72. The molecule has 0 spiro atoms.